The molecule has 256 valence electrons. The van der Waals surface area contributed by atoms with Crippen molar-refractivity contribution in [3.8, 4) is 0 Å². The molecule has 1 aliphatic heterocycles. The van der Waals surface area contributed by atoms with Crippen molar-refractivity contribution in [1.29, 1.82) is 0 Å². The molecule has 0 aliphatic carbocycles. The number of allylic oxidation sites excluding steroid dienone is 2. The summed E-state index contributed by atoms with van der Waals surface area (Å²) < 4.78 is 40.8. The van der Waals surface area contributed by atoms with Crippen LogP contribution in [-0.2, 0) is 47.2 Å². The van der Waals surface area contributed by atoms with Crippen molar-refractivity contribution in [2.75, 3.05) is 33.7 Å². The topological polar surface area (TPSA) is 228 Å². The zero-order valence-electron chi connectivity index (χ0n) is 28.0. The average Bonchev–Trinajstić information content (AvgIpc) is 2.95. The Morgan fingerprint density at radius 3 is 2.21 bits per heavy atom. The van der Waals surface area contributed by atoms with Crippen LogP contribution in [0.1, 0.15) is 59.9 Å². The van der Waals surface area contributed by atoms with Gasteiger partial charge in [-0.2, -0.15) is 0 Å². The molecule has 0 spiro atoms. The first-order chi connectivity index (χ1) is 21.6. The Bertz CT molecular complexity index is 1430. The van der Waals surface area contributed by atoms with Crippen molar-refractivity contribution in [3.63, 3.8) is 0 Å². The Hall–Kier alpha value is -2.51. The molecule has 0 radical (unpaired) electrons. The number of nitrogens with zero attached hydrogens (tertiary/aromatic N) is 2. The van der Waals surface area contributed by atoms with Crippen LogP contribution in [0.5, 0.6) is 0 Å². The number of nitro groups is 1. The number of phosphoric ester groups is 1. The molecule has 19 heteroatoms. The molecule has 0 saturated heterocycles. The van der Waals surface area contributed by atoms with Crippen molar-refractivity contribution >= 4 is 37.5 Å². The van der Waals surface area contributed by atoms with Gasteiger partial charge < -0.3 is 34.9 Å². The predicted octanol–water partition coefficient (Wildman–Crippen LogP) is 0.717. The van der Waals surface area contributed by atoms with Crippen molar-refractivity contribution in [2.45, 2.75) is 59.0 Å². The van der Waals surface area contributed by atoms with Gasteiger partial charge in [-0.25, -0.2) is 18.9 Å². The molecule has 0 fully saturated rings. The molecule has 47 heavy (non-hydrogen) atoms. The van der Waals surface area contributed by atoms with Crippen LogP contribution in [0.4, 0.5) is 10.5 Å². The molecule has 1 aromatic rings. The van der Waals surface area contributed by atoms with Gasteiger partial charge in [-0.15, -0.1) is 0 Å². The van der Waals surface area contributed by atoms with Gasteiger partial charge in [0.05, 0.1) is 41.3 Å². The average molecular weight is 713 g/mol. The van der Waals surface area contributed by atoms with E-state index in [1.807, 2.05) is 0 Å². The number of carbonyl (C=O) groups is 4. The first kappa shape index (κ1) is 42.5. The van der Waals surface area contributed by atoms with E-state index < -0.39 is 55.6 Å². The fourth-order valence-electron chi connectivity index (χ4n) is 4.42. The maximum Gasteiger partial charge on any atom is 1.00 e. The summed E-state index contributed by atoms with van der Waals surface area (Å²) in [5.74, 6) is -3.89. The van der Waals surface area contributed by atoms with Crippen LogP contribution in [0, 0.1) is 10.1 Å². The molecule has 2 rings (SSSR count). The second-order valence-electron chi connectivity index (χ2n) is 10.0. The third kappa shape index (κ3) is 13.1. The molecule has 0 aromatic heterocycles. The van der Waals surface area contributed by atoms with Gasteiger partial charge >= 0.3 is 83.2 Å². The minimum atomic E-state index is -4.62. The van der Waals surface area contributed by atoms with Gasteiger partial charge in [0, 0.05) is 37.1 Å². The fraction of sp³-hybridized carbons (Fsp3) is 0.500. The van der Waals surface area contributed by atoms with E-state index in [0.29, 0.717) is 0 Å². The van der Waals surface area contributed by atoms with Gasteiger partial charge in [0.25, 0.3) is 5.69 Å². The Labute approximate surface area is 314 Å². The van der Waals surface area contributed by atoms with Crippen LogP contribution < -0.4 is 51.4 Å². The second-order valence-corrected chi connectivity index (χ2v) is 11.3. The Kier molecular flexibility index (Phi) is 18.2. The molecule has 1 amide bonds. The van der Waals surface area contributed by atoms with Crippen LogP contribution >= 0.6 is 7.82 Å². The fourth-order valence-corrected chi connectivity index (χ4v) is 4.79. The van der Waals surface area contributed by atoms with Crippen LogP contribution in [-0.4, -0.2) is 83.4 Å². The van der Waals surface area contributed by atoms with Gasteiger partial charge in [0.15, 0.2) is 0 Å². The Balaban J connectivity index is 0.0000110. The molecule has 17 nitrogen and oxygen atoms in total. The van der Waals surface area contributed by atoms with E-state index in [4.69, 9.17) is 33.5 Å². The summed E-state index contributed by atoms with van der Waals surface area (Å²) >= 11 is 0. The zero-order valence-corrected chi connectivity index (χ0v) is 31.0. The van der Waals surface area contributed by atoms with E-state index in [1.54, 1.807) is 13.8 Å². The number of benzene rings is 1. The van der Waals surface area contributed by atoms with Gasteiger partial charge in [-0.3, -0.25) is 24.3 Å². The molecule has 1 aliphatic rings. The predicted molar refractivity (Wildman–Crippen MR) is 158 cm³/mol. The van der Waals surface area contributed by atoms with Crippen LogP contribution in [0.25, 0.3) is 0 Å². The number of hydrogen-bond donors (Lipinski definition) is 2. The smallest absolute Gasteiger partial charge is 1.00 e. The summed E-state index contributed by atoms with van der Waals surface area (Å²) in [7, 11) is -3.23. The van der Waals surface area contributed by atoms with Crippen molar-refractivity contribution in [1.82, 2.24) is 4.90 Å². The minimum Gasteiger partial charge on any atom is -1.00 e. The Morgan fingerprint density at radius 1 is 1.00 bits per heavy atom. The molecule has 0 bridgehead atoms. The van der Waals surface area contributed by atoms with Crippen molar-refractivity contribution in [2.24, 2.45) is 0 Å². The molecule has 1 atom stereocenters. The molecule has 1 aromatic carbocycles. The number of esters is 3. The molecular formula is C28H38KN2O15P. The second kappa shape index (κ2) is 20.1. The van der Waals surface area contributed by atoms with Gasteiger partial charge in [-0.1, -0.05) is 12.1 Å². The zero-order chi connectivity index (χ0) is 34.6. The third-order valence-electron chi connectivity index (χ3n) is 6.36. The molecule has 2 N–H and O–H groups in total. The SMILES string of the molecule is COCCOC(=O)C1=C(C)N(C(=O)OCOC(=O)CCCCOP(=O)(O)O)C(C)=C(C(=O)OC(C)C)C1c1cccc([N+](=O)[O-])c1.[H-].[K+]. The summed E-state index contributed by atoms with van der Waals surface area (Å²) in [5, 5.41) is 11.6. The maximum atomic E-state index is 13.5. The number of rotatable bonds is 16. The summed E-state index contributed by atoms with van der Waals surface area (Å²) in [6.07, 6.45) is -1.61. The van der Waals surface area contributed by atoms with Gasteiger partial charge in [0.1, 0.15) is 6.61 Å². The Morgan fingerprint density at radius 2 is 1.64 bits per heavy atom. The van der Waals surface area contributed by atoms with Crippen molar-refractivity contribution in [3.05, 3.63) is 62.5 Å². The summed E-state index contributed by atoms with van der Waals surface area (Å²) in [6, 6.07) is 5.30. The van der Waals surface area contributed by atoms with E-state index in [9.17, 15) is 33.9 Å². The first-order valence-electron chi connectivity index (χ1n) is 13.9. The molecular weight excluding hydrogens is 674 g/mol. The summed E-state index contributed by atoms with van der Waals surface area (Å²) in [4.78, 5) is 81.6. The van der Waals surface area contributed by atoms with E-state index in [1.165, 1.54) is 45.2 Å². The quantitative estimate of drug-likeness (QED) is 0.0352. The molecule has 1 unspecified atom stereocenters. The van der Waals surface area contributed by atoms with Crippen LogP contribution in [0.15, 0.2) is 46.8 Å². The van der Waals surface area contributed by atoms with Gasteiger partial charge in [-0.05, 0) is 46.1 Å². The number of ether oxygens (including phenoxy) is 5. The summed E-state index contributed by atoms with van der Waals surface area (Å²) in [6.45, 7) is 4.67. The van der Waals surface area contributed by atoms with Crippen LogP contribution in [0.2, 0.25) is 0 Å². The van der Waals surface area contributed by atoms with Crippen LogP contribution in [0.3, 0.4) is 0 Å². The number of nitro benzene ring substituents is 1. The summed E-state index contributed by atoms with van der Waals surface area (Å²) in [5.41, 5.74) is -0.576. The van der Waals surface area contributed by atoms with Gasteiger partial charge in [0.2, 0.25) is 6.79 Å². The number of phosphoric acid groups is 1. The third-order valence-corrected chi connectivity index (χ3v) is 6.88. The van der Waals surface area contributed by atoms with E-state index in [0.717, 1.165) is 4.90 Å². The number of hydrogen-bond acceptors (Lipinski definition) is 13. The number of unbranched alkanes of at least 4 members (excludes halogenated alkanes) is 1. The number of methoxy groups -OCH3 is 1. The largest absolute Gasteiger partial charge is 1.00 e. The standard InChI is InChI=1S/C28H37N2O15P.K.H/c1-17(2)45-27(33)24-19(4)29(28(34)43-16-42-22(31)11-6-7-12-44-46(37,38)39)18(3)23(26(32)41-14-13-40-5)25(24)20-9-8-10-21(15-20)30(35)36;;/h8-10,15,17,25H,6-7,11-14,16H2,1-5H3,(H2,37,38,39);;/q;+1;-1. The van der Waals surface area contributed by atoms with E-state index >= 15 is 0 Å². The molecule has 0 saturated carbocycles. The normalized spacial score (nSPS) is 14.8. The number of amides is 1. The molecule has 1 heterocycles. The minimum absolute atomic E-state index is 0. The number of carbonyl (C=O) groups excluding carboxylic acids is 4. The van der Waals surface area contributed by atoms with E-state index in [-0.39, 0.29) is 126 Å². The first-order valence-corrected chi connectivity index (χ1v) is 15.5. The van der Waals surface area contributed by atoms with E-state index in [2.05, 4.69) is 4.52 Å². The maximum absolute atomic E-state index is 13.5. The monoisotopic (exact) mass is 712 g/mol. The van der Waals surface area contributed by atoms with Crippen molar-refractivity contribution < 1.29 is 119 Å². The number of non-ortho nitro benzene ring substituents is 1.